The molecule has 0 saturated carbocycles. The van der Waals surface area contributed by atoms with E-state index in [1.54, 1.807) is 6.20 Å². The van der Waals surface area contributed by atoms with Crippen molar-refractivity contribution in [2.45, 2.75) is 40.3 Å². The standard InChI is InChI=1S/C9H18N4/c1-5-13-7(6-11-12-13)8(10)9(2,3)4/h6,8H,5,10H2,1-4H3. The molecular weight excluding hydrogens is 164 g/mol. The molecule has 0 aliphatic rings. The topological polar surface area (TPSA) is 56.7 Å². The van der Waals surface area contributed by atoms with Crippen molar-refractivity contribution in [1.82, 2.24) is 15.0 Å². The maximum Gasteiger partial charge on any atom is 0.0759 e. The molecule has 1 unspecified atom stereocenters. The summed E-state index contributed by atoms with van der Waals surface area (Å²) in [5.41, 5.74) is 7.15. The maximum absolute atomic E-state index is 6.09. The van der Waals surface area contributed by atoms with Gasteiger partial charge >= 0.3 is 0 Å². The van der Waals surface area contributed by atoms with E-state index in [0.29, 0.717) is 0 Å². The summed E-state index contributed by atoms with van der Waals surface area (Å²) < 4.78 is 1.84. The summed E-state index contributed by atoms with van der Waals surface area (Å²) in [6.45, 7) is 9.20. The minimum atomic E-state index is -0.0116. The SMILES string of the molecule is CCn1nncc1C(N)C(C)(C)C. The molecule has 4 nitrogen and oxygen atoms in total. The normalized spacial score (nSPS) is 14.5. The Bertz CT molecular complexity index is 271. The van der Waals surface area contributed by atoms with Gasteiger partial charge in [-0.05, 0) is 12.3 Å². The Morgan fingerprint density at radius 3 is 2.62 bits per heavy atom. The van der Waals surface area contributed by atoms with Gasteiger partial charge in [0.25, 0.3) is 0 Å². The minimum Gasteiger partial charge on any atom is -0.322 e. The molecular formula is C9H18N4. The molecule has 0 aliphatic carbocycles. The molecule has 0 aliphatic heterocycles. The predicted molar refractivity (Wildman–Crippen MR) is 52.1 cm³/mol. The van der Waals surface area contributed by atoms with Gasteiger partial charge in [-0.2, -0.15) is 0 Å². The van der Waals surface area contributed by atoms with Crippen molar-refractivity contribution >= 4 is 0 Å². The lowest BCUT2D eigenvalue weighted by atomic mass is 9.86. The van der Waals surface area contributed by atoms with E-state index < -0.39 is 0 Å². The van der Waals surface area contributed by atoms with Crippen LogP contribution in [0, 0.1) is 5.41 Å². The zero-order valence-electron chi connectivity index (χ0n) is 8.78. The van der Waals surface area contributed by atoms with Gasteiger partial charge < -0.3 is 5.73 Å². The maximum atomic E-state index is 6.09. The van der Waals surface area contributed by atoms with E-state index in [1.807, 2.05) is 11.6 Å². The fraction of sp³-hybridized carbons (Fsp3) is 0.778. The molecule has 13 heavy (non-hydrogen) atoms. The van der Waals surface area contributed by atoms with E-state index in [4.69, 9.17) is 5.73 Å². The van der Waals surface area contributed by atoms with Crippen LogP contribution in [0.3, 0.4) is 0 Å². The van der Waals surface area contributed by atoms with Crippen molar-refractivity contribution in [3.8, 4) is 0 Å². The van der Waals surface area contributed by atoms with Crippen molar-refractivity contribution in [2.75, 3.05) is 0 Å². The Balaban J connectivity index is 2.94. The third-order valence-electron chi connectivity index (χ3n) is 2.20. The fourth-order valence-electron chi connectivity index (χ4n) is 1.20. The first-order valence-corrected chi connectivity index (χ1v) is 4.60. The minimum absolute atomic E-state index is 0.0116. The van der Waals surface area contributed by atoms with Crippen molar-refractivity contribution in [3.63, 3.8) is 0 Å². The van der Waals surface area contributed by atoms with Gasteiger partial charge in [-0.3, -0.25) is 0 Å². The van der Waals surface area contributed by atoms with E-state index >= 15 is 0 Å². The number of nitrogens with zero attached hydrogens (tertiary/aromatic N) is 3. The third-order valence-corrected chi connectivity index (χ3v) is 2.20. The van der Waals surface area contributed by atoms with E-state index in [-0.39, 0.29) is 11.5 Å². The van der Waals surface area contributed by atoms with Crippen LogP contribution in [0.5, 0.6) is 0 Å². The van der Waals surface area contributed by atoms with Crippen LogP contribution in [-0.4, -0.2) is 15.0 Å². The summed E-state index contributed by atoms with van der Waals surface area (Å²) in [5, 5.41) is 7.82. The zero-order chi connectivity index (χ0) is 10.1. The highest BCUT2D eigenvalue weighted by atomic mass is 15.4. The zero-order valence-corrected chi connectivity index (χ0v) is 8.78. The van der Waals surface area contributed by atoms with E-state index in [9.17, 15) is 0 Å². The molecule has 0 fully saturated rings. The summed E-state index contributed by atoms with van der Waals surface area (Å²) in [6.07, 6.45) is 1.75. The van der Waals surface area contributed by atoms with Crippen LogP contribution in [0.1, 0.15) is 39.4 Å². The fourth-order valence-corrected chi connectivity index (χ4v) is 1.20. The molecule has 0 amide bonds. The van der Waals surface area contributed by atoms with Gasteiger partial charge in [0.05, 0.1) is 17.9 Å². The molecule has 0 aromatic carbocycles. The van der Waals surface area contributed by atoms with Gasteiger partial charge in [0, 0.05) is 6.54 Å². The van der Waals surface area contributed by atoms with Crippen LogP contribution in [-0.2, 0) is 6.54 Å². The lowest BCUT2D eigenvalue weighted by Crippen LogP contribution is -2.28. The number of hydrogen-bond acceptors (Lipinski definition) is 3. The smallest absolute Gasteiger partial charge is 0.0759 e. The van der Waals surface area contributed by atoms with Crippen molar-refractivity contribution in [1.29, 1.82) is 0 Å². The second kappa shape index (κ2) is 3.46. The van der Waals surface area contributed by atoms with Crippen molar-refractivity contribution in [2.24, 2.45) is 11.1 Å². The monoisotopic (exact) mass is 182 g/mol. The van der Waals surface area contributed by atoms with Gasteiger partial charge in [0.1, 0.15) is 0 Å². The molecule has 1 rings (SSSR count). The average Bonchev–Trinajstić information content (AvgIpc) is 2.48. The van der Waals surface area contributed by atoms with E-state index in [0.717, 1.165) is 12.2 Å². The molecule has 1 heterocycles. The molecule has 0 radical (unpaired) electrons. The first-order chi connectivity index (χ1) is 5.96. The molecule has 1 aromatic rings. The summed E-state index contributed by atoms with van der Waals surface area (Å²) in [4.78, 5) is 0. The van der Waals surface area contributed by atoms with E-state index in [1.165, 1.54) is 0 Å². The molecule has 74 valence electrons. The first kappa shape index (κ1) is 10.2. The highest BCUT2D eigenvalue weighted by Gasteiger charge is 2.25. The van der Waals surface area contributed by atoms with Gasteiger partial charge in [0.2, 0.25) is 0 Å². The molecule has 0 saturated heterocycles. The molecule has 1 atom stereocenters. The first-order valence-electron chi connectivity index (χ1n) is 4.60. The predicted octanol–water partition coefficient (Wildman–Crippen LogP) is 1.34. The Morgan fingerprint density at radius 1 is 1.54 bits per heavy atom. The largest absolute Gasteiger partial charge is 0.322 e. The summed E-state index contributed by atoms with van der Waals surface area (Å²) in [7, 11) is 0. The van der Waals surface area contributed by atoms with Crippen LogP contribution >= 0.6 is 0 Å². The summed E-state index contributed by atoms with van der Waals surface area (Å²) in [6, 6.07) is -0.0116. The summed E-state index contributed by atoms with van der Waals surface area (Å²) >= 11 is 0. The Hall–Kier alpha value is -0.900. The van der Waals surface area contributed by atoms with Crippen LogP contribution in [0.4, 0.5) is 0 Å². The van der Waals surface area contributed by atoms with Crippen LogP contribution in [0.25, 0.3) is 0 Å². The van der Waals surface area contributed by atoms with Crippen LogP contribution < -0.4 is 5.73 Å². The van der Waals surface area contributed by atoms with Crippen LogP contribution in [0.2, 0.25) is 0 Å². The highest BCUT2D eigenvalue weighted by molar-refractivity contribution is 5.04. The van der Waals surface area contributed by atoms with Crippen molar-refractivity contribution < 1.29 is 0 Å². The molecule has 1 aromatic heterocycles. The number of hydrogen-bond donors (Lipinski definition) is 1. The van der Waals surface area contributed by atoms with Gasteiger partial charge in [-0.15, -0.1) is 5.10 Å². The van der Waals surface area contributed by atoms with Crippen LogP contribution in [0.15, 0.2) is 6.20 Å². The lowest BCUT2D eigenvalue weighted by molar-refractivity contribution is 0.311. The Morgan fingerprint density at radius 2 is 2.15 bits per heavy atom. The Kier molecular flexibility index (Phi) is 2.71. The lowest BCUT2D eigenvalue weighted by Gasteiger charge is -2.26. The quantitative estimate of drug-likeness (QED) is 0.751. The molecule has 0 bridgehead atoms. The number of nitrogens with two attached hydrogens (primary N) is 1. The van der Waals surface area contributed by atoms with Gasteiger partial charge in [-0.1, -0.05) is 26.0 Å². The number of aryl methyl sites for hydroxylation is 1. The molecule has 0 spiro atoms. The third kappa shape index (κ3) is 2.06. The number of rotatable bonds is 2. The van der Waals surface area contributed by atoms with E-state index in [2.05, 4.69) is 31.1 Å². The van der Waals surface area contributed by atoms with Gasteiger partial charge in [0.15, 0.2) is 0 Å². The van der Waals surface area contributed by atoms with Gasteiger partial charge in [-0.25, -0.2) is 4.68 Å². The summed E-state index contributed by atoms with van der Waals surface area (Å²) in [5.74, 6) is 0. The highest BCUT2D eigenvalue weighted by Crippen LogP contribution is 2.29. The Labute approximate surface area is 79.1 Å². The average molecular weight is 182 g/mol. The molecule has 4 heteroatoms. The second-order valence-corrected chi connectivity index (χ2v) is 4.32. The molecule has 2 N–H and O–H groups in total. The second-order valence-electron chi connectivity index (χ2n) is 4.32. The number of aromatic nitrogens is 3. The van der Waals surface area contributed by atoms with Crippen molar-refractivity contribution in [3.05, 3.63) is 11.9 Å².